The molecule has 0 spiro atoms. The lowest BCUT2D eigenvalue weighted by Gasteiger charge is -2.37. The van der Waals surface area contributed by atoms with E-state index in [9.17, 15) is 13.2 Å². The fraction of sp³-hybridized carbons (Fsp3) is 0.538. The topological polar surface area (TPSA) is 15.3 Å². The van der Waals surface area contributed by atoms with E-state index in [-0.39, 0.29) is 16.7 Å². The van der Waals surface area contributed by atoms with Gasteiger partial charge in [0, 0.05) is 30.6 Å². The van der Waals surface area contributed by atoms with Crippen molar-refractivity contribution in [3.63, 3.8) is 0 Å². The summed E-state index contributed by atoms with van der Waals surface area (Å²) in [5.74, 6) is 0. The quantitative estimate of drug-likeness (QED) is 0.839. The van der Waals surface area contributed by atoms with E-state index in [2.05, 4.69) is 17.1 Å². The lowest BCUT2D eigenvalue weighted by atomic mass is 10.1. The van der Waals surface area contributed by atoms with E-state index in [1.54, 1.807) is 24.3 Å². The van der Waals surface area contributed by atoms with Gasteiger partial charge in [-0.05, 0) is 36.0 Å². The van der Waals surface area contributed by atoms with Crippen LogP contribution in [0, 0.1) is 0 Å². The number of thioether (sulfide) groups is 1. The van der Waals surface area contributed by atoms with Crippen LogP contribution in [0.15, 0.2) is 29.2 Å². The first-order valence-corrected chi connectivity index (χ1v) is 7.09. The highest BCUT2D eigenvalue weighted by atomic mass is 32.2. The van der Waals surface area contributed by atoms with Gasteiger partial charge in [0.1, 0.15) is 0 Å². The maximum Gasteiger partial charge on any atom is 0.446 e. The molecule has 0 saturated carbocycles. The molecule has 0 atom stereocenters. The summed E-state index contributed by atoms with van der Waals surface area (Å²) in [5, 5.41) is 3.23. The molecule has 1 aliphatic rings. The second-order valence-electron chi connectivity index (χ2n) is 4.57. The zero-order valence-electron chi connectivity index (χ0n) is 10.7. The minimum Gasteiger partial charge on any atom is -0.314 e. The Balaban J connectivity index is 1.94. The Morgan fingerprint density at radius 3 is 2.32 bits per heavy atom. The molecule has 2 rings (SSSR count). The van der Waals surface area contributed by atoms with Crippen LogP contribution >= 0.6 is 11.8 Å². The summed E-state index contributed by atoms with van der Waals surface area (Å²) in [7, 11) is 0. The van der Waals surface area contributed by atoms with Gasteiger partial charge >= 0.3 is 5.51 Å². The predicted octanol–water partition coefficient (Wildman–Crippen LogP) is 3.09. The van der Waals surface area contributed by atoms with Crippen LogP contribution in [0.5, 0.6) is 0 Å². The van der Waals surface area contributed by atoms with Gasteiger partial charge in [-0.25, -0.2) is 0 Å². The standard InChI is InChI=1S/C13H17F3N2S/c1-2-18(11-7-17-8-11)9-10-3-5-12(6-4-10)19-13(14,15)16/h3-6,11,17H,2,7-9H2,1H3. The van der Waals surface area contributed by atoms with Gasteiger partial charge < -0.3 is 5.32 Å². The third-order valence-corrected chi connectivity index (χ3v) is 3.96. The molecule has 1 aliphatic heterocycles. The maximum atomic E-state index is 12.2. The Morgan fingerprint density at radius 1 is 1.26 bits per heavy atom. The molecular weight excluding hydrogens is 273 g/mol. The van der Waals surface area contributed by atoms with Gasteiger partial charge in [-0.3, -0.25) is 4.90 Å². The Hall–Kier alpha value is -0.720. The largest absolute Gasteiger partial charge is 0.446 e. The van der Waals surface area contributed by atoms with Crippen LogP contribution in [-0.2, 0) is 6.54 Å². The van der Waals surface area contributed by atoms with Gasteiger partial charge in [0.25, 0.3) is 0 Å². The average Bonchev–Trinajstić information content (AvgIpc) is 2.26. The lowest BCUT2D eigenvalue weighted by Crippen LogP contribution is -2.56. The number of rotatable bonds is 5. The summed E-state index contributed by atoms with van der Waals surface area (Å²) in [6.07, 6.45) is 0. The van der Waals surface area contributed by atoms with E-state index in [1.165, 1.54) is 0 Å². The van der Waals surface area contributed by atoms with Gasteiger partial charge in [-0.2, -0.15) is 13.2 Å². The highest BCUT2D eigenvalue weighted by Crippen LogP contribution is 2.36. The third kappa shape index (κ3) is 4.40. The van der Waals surface area contributed by atoms with Gasteiger partial charge in [-0.1, -0.05) is 19.1 Å². The Kier molecular flexibility index (Phi) is 4.76. The van der Waals surface area contributed by atoms with E-state index in [0.29, 0.717) is 6.04 Å². The summed E-state index contributed by atoms with van der Waals surface area (Å²) >= 11 is -0.0675. The van der Waals surface area contributed by atoms with E-state index in [0.717, 1.165) is 31.7 Å². The SMILES string of the molecule is CCN(Cc1ccc(SC(F)(F)F)cc1)C1CNC1. The second-order valence-corrected chi connectivity index (χ2v) is 5.71. The molecule has 6 heteroatoms. The first kappa shape index (κ1) is 14.7. The molecular formula is C13H17F3N2S. The zero-order chi connectivity index (χ0) is 13.9. The lowest BCUT2D eigenvalue weighted by molar-refractivity contribution is -0.0328. The van der Waals surface area contributed by atoms with Crippen molar-refractivity contribution in [3.8, 4) is 0 Å². The first-order chi connectivity index (χ1) is 8.98. The molecule has 1 N–H and O–H groups in total. The summed E-state index contributed by atoms with van der Waals surface area (Å²) < 4.78 is 36.6. The highest BCUT2D eigenvalue weighted by molar-refractivity contribution is 8.00. The Morgan fingerprint density at radius 2 is 1.89 bits per heavy atom. The molecule has 1 aromatic carbocycles. The summed E-state index contributed by atoms with van der Waals surface area (Å²) in [4.78, 5) is 2.58. The van der Waals surface area contributed by atoms with Crippen LogP contribution < -0.4 is 5.32 Å². The van der Waals surface area contributed by atoms with E-state index < -0.39 is 5.51 Å². The van der Waals surface area contributed by atoms with Crippen LogP contribution in [0.3, 0.4) is 0 Å². The van der Waals surface area contributed by atoms with Crippen LogP contribution in [-0.4, -0.2) is 36.1 Å². The molecule has 0 amide bonds. The summed E-state index contributed by atoms with van der Waals surface area (Å²) in [6.45, 7) is 5.84. The number of likely N-dealkylation sites (N-methyl/N-ethyl adjacent to an activating group) is 1. The number of hydrogen-bond acceptors (Lipinski definition) is 3. The molecule has 1 fully saturated rings. The number of halogens is 3. The number of alkyl halides is 3. The molecule has 0 radical (unpaired) electrons. The zero-order valence-corrected chi connectivity index (χ0v) is 11.5. The predicted molar refractivity (Wildman–Crippen MR) is 71.1 cm³/mol. The minimum absolute atomic E-state index is 0.0675. The van der Waals surface area contributed by atoms with Gasteiger partial charge in [0.15, 0.2) is 0 Å². The van der Waals surface area contributed by atoms with E-state index in [4.69, 9.17) is 0 Å². The molecule has 1 aromatic rings. The molecule has 1 saturated heterocycles. The highest BCUT2D eigenvalue weighted by Gasteiger charge is 2.29. The minimum atomic E-state index is -4.21. The number of nitrogens with one attached hydrogen (secondary N) is 1. The molecule has 0 bridgehead atoms. The Bertz CT molecular complexity index is 401. The Labute approximate surface area is 115 Å². The molecule has 1 heterocycles. The van der Waals surface area contributed by atoms with Gasteiger partial charge in [0.2, 0.25) is 0 Å². The monoisotopic (exact) mass is 290 g/mol. The maximum absolute atomic E-state index is 12.2. The summed E-state index contributed by atoms with van der Waals surface area (Å²) in [5.41, 5.74) is -3.16. The van der Waals surface area contributed by atoms with Crippen molar-refractivity contribution in [2.75, 3.05) is 19.6 Å². The van der Waals surface area contributed by atoms with Crippen molar-refractivity contribution in [2.45, 2.75) is 29.9 Å². The van der Waals surface area contributed by atoms with Crippen molar-refractivity contribution >= 4 is 11.8 Å². The molecule has 106 valence electrons. The van der Waals surface area contributed by atoms with Gasteiger partial charge in [0.05, 0.1) is 0 Å². The van der Waals surface area contributed by atoms with Crippen LogP contribution in [0.4, 0.5) is 13.2 Å². The normalized spacial score (nSPS) is 16.7. The van der Waals surface area contributed by atoms with Crippen LogP contribution in [0.1, 0.15) is 12.5 Å². The van der Waals surface area contributed by atoms with Crippen molar-refractivity contribution in [1.29, 1.82) is 0 Å². The van der Waals surface area contributed by atoms with Crippen molar-refractivity contribution in [1.82, 2.24) is 10.2 Å². The van der Waals surface area contributed by atoms with E-state index >= 15 is 0 Å². The molecule has 19 heavy (non-hydrogen) atoms. The smallest absolute Gasteiger partial charge is 0.314 e. The molecule has 0 unspecified atom stereocenters. The fourth-order valence-electron chi connectivity index (χ4n) is 2.06. The number of benzene rings is 1. The van der Waals surface area contributed by atoms with Crippen molar-refractivity contribution < 1.29 is 13.2 Å². The van der Waals surface area contributed by atoms with E-state index in [1.807, 2.05) is 0 Å². The van der Waals surface area contributed by atoms with Crippen LogP contribution in [0.2, 0.25) is 0 Å². The summed E-state index contributed by atoms with van der Waals surface area (Å²) in [6, 6.07) is 7.20. The van der Waals surface area contributed by atoms with Gasteiger partial charge in [-0.15, -0.1) is 0 Å². The average molecular weight is 290 g/mol. The van der Waals surface area contributed by atoms with Crippen LogP contribution in [0.25, 0.3) is 0 Å². The molecule has 0 aliphatic carbocycles. The number of nitrogens with zero attached hydrogens (tertiary/aromatic N) is 1. The fourth-order valence-corrected chi connectivity index (χ4v) is 2.60. The van der Waals surface area contributed by atoms with Crippen molar-refractivity contribution in [3.05, 3.63) is 29.8 Å². The second kappa shape index (κ2) is 6.15. The third-order valence-electron chi connectivity index (χ3n) is 3.23. The van der Waals surface area contributed by atoms with Crippen molar-refractivity contribution in [2.24, 2.45) is 0 Å². The molecule has 0 aromatic heterocycles. The first-order valence-electron chi connectivity index (χ1n) is 6.27. The molecule has 2 nitrogen and oxygen atoms in total. The number of hydrogen-bond donors (Lipinski definition) is 1.